The second kappa shape index (κ2) is 8.83. The maximum atomic E-state index is 13.3. The molecule has 5 heteroatoms. The monoisotopic (exact) mass is 325 g/mol. The van der Waals surface area contributed by atoms with Gasteiger partial charge in [-0.1, -0.05) is 49.6 Å². The molecule has 0 aliphatic heterocycles. The molecule has 1 fully saturated rings. The highest BCUT2D eigenvalue weighted by Crippen LogP contribution is 2.59. The fourth-order valence-corrected chi connectivity index (χ4v) is 5.07. The Hall–Kier alpha value is -0.670. The summed E-state index contributed by atoms with van der Waals surface area (Å²) < 4.78 is 24.5. The van der Waals surface area contributed by atoms with Crippen LogP contribution in [-0.4, -0.2) is 19.3 Å². The minimum Gasteiger partial charge on any atom is -0.308 e. The van der Waals surface area contributed by atoms with Gasteiger partial charge in [-0.3, -0.25) is 9.88 Å². The van der Waals surface area contributed by atoms with Crippen molar-refractivity contribution in [1.29, 1.82) is 0 Å². The lowest BCUT2D eigenvalue weighted by molar-refractivity contribution is 0.202. The molecule has 0 radical (unpaired) electrons. The van der Waals surface area contributed by atoms with E-state index in [9.17, 15) is 4.57 Å². The molecule has 124 valence electrons. The molecule has 1 N–H and O–H groups in total. The Morgan fingerprint density at radius 2 is 1.68 bits per heavy atom. The van der Waals surface area contributed by atoms with E-state index in [0.717, 1.165) is 18.4 Å². The normalized spacial score (nSPS) is 18.3. The van der Waals surface area contributed by atoms with Gasteiger partial charge in [0.05, 0.1) is 13.2 Å². The van der Waals surface area contributed by atoms with Crippen molar-refractivity contribution in [1.82, 2.24) is 5.32 Å². The Morgan fingerprint density at radius 1 is 1.09 bits per heavy atom. The molecule has 0 bridgehead atoms. The minimum atomic E-state index is -3.23. The van der Waals surface area contributed by atoms with E-state index < -0.39 is 13.4 Å². The van der Waals surface area contributed by atoms with Gasteiger partial charge < -0.3 is 9.05 Å². The van der Waals surface area contributed by atoms with Crippen molar-refractivity contribution < 1.29 is 13.6 Å². The van der Waals surface area contributed by atoms with Crippen LogP contribution in [0.3, 0.4) is 0 Å². The van der Waals surface area contributed by atoms with Crippen LogP contribution < -0.4 is 5.32 Å². The molecule has 1 saturated carbocycles. The molecule has 0 saturated heterocycles. The zero-order valence-electron chi connectivity index (χ0n) is 13.7. The standard InChI is InChI=1S/C17H28NO3P/c1-3-20-22(19,21-4-2)17(15-11-7-5-8-12-15)18-16-13-9-6-10-14-16/h5,7-8,11-12,16-18H,3-4,6,9-10,13-14H2,1-2H3. The maximum absolute atomic E-state index is 13.3. The van der Waals surface area contributed by atoms with Crippen molar-refractivity contribution in [2.75, 3.05) is 13.2 Å². The summed E-state index contributed by atoms with van der Waals surface area (Å²) in [6.45, 7) is 4.47. The molecule has 0 heterocycles. The van der Waals surface area contributed by atoms with Crippen LogP contribution in [0.1, 0.15) is 57.3 Å². The third-order valence-electron chi connectivity index (χ3n) is 4.05. The van der Waals surface area contributed by atoms with E-state index in [-0.39, 0.29) is 0 Å². The van der Waals surface area contributed by atoms with E-state index in [0.29, 0.717) is 19.3 Å². The first kappa shape index (κ1) is 17.7. The number of nitrogens with one attached hydrogen (secondary N) is 1. The van der Waals surface area contributed by atoms with Crippen LogP contribution in [-0.2, 0) is 13.6 Å². The molecule has 0 aromatic heterocycles. The predicted molar refractivity (Wildman–Crippen MR) is 90.1 cm³/mol. The topological polar surface area (TPSA) is 47.6 Å². The highest BCUT2D eigenvalue weighted by Gasteiger charge is 2.38. The van der Waals surface area contributed by atoms with Crippen LogP contribution in [0.4, 0.5) is 0 Å². The first-order chi connectivity index (χ1) is 10.7. The van der Waals surface area contributed by atoms with Crippen LogP contribution in [0.2, 0.25) is 0 Å². The van der Waals surface area contributed by atoms with Gasteiger partial charge in [0.1, 0.15) is 5.78 Å². The Balaban J connectivity index is 2.25. The summed E-state index contributed by atoms with van der Waals surface area (Å²) in [6.07, 6.45) is 6.01. The van der Waals surface area contributed by atoms with Gasteiger partial charge in [-0.25, -0.2) is 0 Å². The van der Waals surface area contributed by atoms with E-state index in [1.54, 1.807) is 0 Å². The van der Waals surface area contributed by atoms with Crippen molar-refractivity contribution >= 4 is 7.60 Å². The predicted octanol–water partition coefficient (Wildman–Crippen LogP) is 4.87. The van der Waals surface area contributed by atoms with Gasteiger partial charge in [0.25, 0.3) is 0 Å². The van der Waals surface area contributed by atoms with Gasteiger partial charge in [-0.05, 0) is 32.3 Å². The highest BCUT2D eigenvalue weighted by molar-refractivity contribution is 7.54. The van der Waals surface area contributed by atoms with E-state index in [1.807, 2.05) is 44.2 Å². The quantitative estimate of drug-likeness (QED) is 0.692. The van der Waals surface area contributed by atoms with Crippen molar-refractivity contribution in [3.05, 3.63) is 35.9 Å². The number of hydrogen-bond acceptors (Lipinski definition) is 4. The summed E-state index contributed by atoms with van der Waals surface area (Å²) in [4.78, 5) is 0. The molecule has 0 spiro atoms. The van der Waals surface area contributed by atoms with Crippen molar-refractivity contribution in [2.24, 2.45) is 0 Å². The molecule has 2 rings (SSSR count). The molecule has 1 aliphatic rings. The Bertz CT molecular complexity index is 464. The summed E-state index contributed by atoms with van der Waals surface area (Å²) in [5, 5.41) is 3.57. The second-order valence-electron chi connectivity index (χ2n) is 5.69. The van der Waals surface area contributed by atoms with Crippen LogP contribution in [0, 0.1) is 0 Å². The van der Waals surface area contributed by atoms with E-state index >= 15 is 0 Å². The Morgan fingerprint density at radius 3 is 2.23 bits per heavy atom. The number of benzene rings is 1. The van der Waals surface area contributed by atoms with Crippen molar-refractivity contribution in [2.45, 2.75) is 57.8 Å². The Labute approximate surface area is 134 Å². The smallest absolute Gasteiger partial charge is 0.308 e. The summed E-state index contributed by atoms with van der Waals surface area (Å²) in [6, 6.07) is 10.3. The van der Waals surface area contributed by atoms with Crippen molar-refractivity contribution in [3.63, 3.8) is 0 Å². The summed E-state index contributed by atoms with van der Waals surface area (Å²) >= 11 is 0. The first-order valence-corrected chi connectivity index (χ1v) is 10.0. The third-order valence-corrected chi connectivity index (χ3v) is 6.36. The van der Waals surface area contributed by atoms with Gasteiger partial charge in [-0.15, -0.1) is 0 Å². The maximum Gasteiger partial charge on any atom is 0.351 e. The molecule has 4 nitrogen and oxygen atoms in total. The SMILES string of the molecule is CCOP(=O)(OCC)C(NC1CCCCC1)c1ccccc1. The zero-order valence-corrected chi connectivity index (χ0v) is 14.6. The molecule has 22 heavy (non-hydrogen) atoms. The fourth-order valence-electron chi connectivity index (χ4n) is 3.04. The van der Waals surface area contributed by atoms with Crippen molar-refractivity contribution in [3.8, 4) is 0 Å². The van der Waals surface area contributed by atoms with Crippen LogP contribution in [0.5, 0.6) is 0 Å². The minimum absolute atomic E-state index is 0.382. The van der Waals surface area contributed by atoms with E-state index in [1.165, 1.54) is 19.3 Å². The number of rotatable bonds is 8. The van der Waals surface area contributed by atoms with Gasteiger partial charge in [0.15, 0.2) is 0 Å². The van der Waals surface area contributed by atoms with Gasteiger partial charge in [0, 0.05) is 6.04 Å². The van der Waals surface area contributed by atoms with Crippen LogP contribution in [0.25, 0.3) is 0 Å². The summed E-state index contributed by atoms with van der Waals surface area (Å²) in [7, 11) is -3.23. The Kier molecular flexibility index (Phi) is 7.10. The molecule has 1 aromatic rings. The van der Waals surface area contributed by atoms with Gasteiger partial charge in [-0.2, -0.15) is 0 Å². The first-order valence-electron chi connectivity index (χ1n) is 8.39. The summed E-state index contributed by atoms with van der Waals surface area (Å²) in [5.74, 6) is -0.392. The molecule has 1 aliphatic carbocycles. The zero-order chi connectivity index (χ0) is 15.8. The largest absolute Gasteiger partial charge is 0.351 e. The molecular weight excluding hydrogens is 297 g/mol. The van der Waals surface area contributed by atoms with Gasteiger partial charge >= 0.3 is 7.60 Å². The second-order valence-corrected chi connectivity index (χ2v) is 7.80. The molecule has 0 amide bonds. The molecule has 1 atom stereocenters. The molecule has 1 unspecified atom stereocenters. The average Bonchev–Trinajstić information content (AvgIpc) is 2.55. The highest BCUT2D eigenvalue weighted by atomic mass is 31.2. The molecule has 1 aromatic carbocycles. The van der Waals surface area contributed by atoms with Crippen LogP contribution in [0.15, 0.2) is 30.3 Å². The lowest BCUT2D eigenvalue weighted by Gasteiger charge is -2.32. The average molecular weight is 325 g/mol. The fraction of sp³-hybridized carbons (Fsp3) is 0.647. The van der Waals surface area contributed by atoms with Crippen LogP contribution >= 0.6 is 7.60 Å². The third kappa shape index (κ3) is 4.66. The van der Waals surface area contributed by atoms with Gasteiger partial charge in [0.2, 0.25) is 0 Å². The lowest BCUT2D eigenvalue weighted by Crippen LogP contribution is -2.35. The number of hydrogen-bond donors (Lipinski definition) is 1. The molecular formula is C17H28NO3P. The lowest BCUT2D eigenvalue weighted by atomic mass is 9.95. The van der Waals surface area contributed by atoms with E-state index in [4.69, 9.17) is 9.05 Å². The van der Waals surface area contributed by atoms with E-state index in [2.05, 4.69) is 5.32 Å². The summed E-state index contributed by atoms with van der Waals surface area (Å²) in [5.41, 5.74) is 0.971.